The number of carbonyl (C=O) groups excluding carboxylic acids is 3. The molecule has 3 aromatic rings. The van der Waals surface area contributed by atoms with Crippen molar-refractivity contribution in [1.29, 1.82) is 0 Å². The van der Waals surface area contributed by atoms with E-state index in [0.29, 0.717) is 33.4 Å². The molecule has 240 valence electrons. The van der Waals surface area contributed by atoms with Crippen molar-refractivity contribution in [3.05, 3.63) is 86.5 Å². The van der Waals surface area contributed by atoms with Gasteiger partial charge >= 0.3 is 0 Å². The number of Topliss-reactive ketones (excluding diaryl/α,β-unsaturated/α-hetero) is 3. The lowest BCUT2D eigenvalue weighted by Gasteiger charge is -2.24. The average Bonchev–Trinajstić information content (AvgIpc) is 2.88. The van der Waals surface area contributed by atoms with E-state index in [1.54, 1.807) is 0 Å². The largest absolute Gasteiger partial charge is 0.507 e. The summed E-state index contributed by atoms with van der Waals surface area (Å²) in [7, 11) is 0. The number of hydrogen-bond acceptors (Lipinski definition) is 6. The highest BCUT2D eigenvalue weighted by Crippen LogP contribution is 2.37. The molecule has 4 rings (SSSR count). The summed E-state index contributed by atoms with van der Waals surface area (Å²) < 4.78 is 0. The van der Waals surface area contributed by atoms with E-state index in [4.69, 9.17) is 0 Å². The summed E-state index contributed by atoms with van der Waals surface area (Å²) in [4.78, 5) is 40.6. The third kappa shape index (κ3) is 7.84. The molecule has 3 aromatic carbocycles. The first-order chi connectivity index (χ1) is 20.6. The van der Waals surface area contributed by atoms with Gasteiger partial charge in [0.1, 0.15) is 34.6 Å². The molecule has 0 saturated heterocycles. The number of fused-ring (bicyclic) bond motifs is 6. The number of phenols is 3. The van der Waals surface area contributed by atoms with Crippen LogP contribution in [0, 0.1) is 0 Å². The summed E-state index contributed by atoms with van der Waals surface area (Å²) in [6, 6.07) is 10.9. The van der Waals surface area contributed by atoms with Crippen molar-refractivity contribution in [2.45, 2.75) is 117 Å². The highest BCUT2D eigenvalue weighted by molar-refractivity contribution is 5.88. The van der Waals surface area contributed by atoms with Crippen LogP contribution in [0.2, 0.25) is 0 Å². The zero-order valence-electron chi connectivity index (χ0n) is 28.3. The van der Waals surface area contributed by atoms with Crippen molar-refractivity contribution in [1.82, 2.24) is 0 Å². The molecule has 6 bridgehead atoms. The molecule has 0 spiro atoms. The van der Waals surface area contributed by atoms with Crippen molar-refractivity contribution in [3.8, 4) is 17.2 Å². The maximum atomic E-state index is 13.5. The fourth-order valence-corrected chi connectivity index (χ4v) is 5.85. The van der Waals surface area contributed by atoms with Gasteiger partial charge in [-0.15, -0.1) is 0 Å². The van der Waals surface area contributed by atoms with Crippen LogP contribution in [0.4, 0.5) is 0 Å². The Labute approximate surface area is 267 Å². The number of aromatic hydroxyl groups is 3. The normalized spacial score (nSPS) is 15.5. The van der Waals surface area contributed by atoms with Gasteiger partial charge in [0.2, 0.25) is 0 Å². The monoisotopic (exact) mass is 612 g/mol. The molecule has 0 aliphatic heterocycles. The predicted molar refractivity (Wildman–Crippen MR) is 178 cm³/mol. The van der Waals surface area contributed by atoms with Crippen LogP contribution in [0.25, 0.3) is 0 Å². The number of carbonyl (C=O) groups is 3. The van der Waals surface area contributed by atoms with Crippen molar-refractivity contribution < 1.29 is 29.7 Å². The van der Waals surface area contributed by atoms with Gasteiger partial charge in [-0.1, -0.05) is 98.7 Å². The van der Waals surface area contributed by atoms with Crippen LogP contribution in [0.1, 0.15) is 112 Å². The fraction of sp³-hybridized carbons (Fsp3) is 0.462. The minimum absolute atomic E-state index is 0.0812. The van der Waals surface area contributed by atoms with Crippen LogP contribution >= 0.6 is 0 Å². The van der Waals surface area contributed by atoms with Gasteiger partial charge in [-0.25, -0.2) is 0 Å². The summed E-state index contributed by atoms with van der Waals surface area (Å²) in [6.07, 6.45) is -0.487. The third-order valence-corrected chi connectivity index (χ3v) is 8.73. The molecule has 6 nitrogen and oxygen atoms in total. The fourth-order valence-electron chi connectivity index (χ4n) is 5.85. The molecule has 0 radical (unpaired) electrons. The first-order valence-corrected chi connectivity index (χ1v) is 15.7. The number of hydrogen-bond donors (Lipinski definition) is 3. The van der Waals surface area contributed by atoms with Gasteiger partial charge in [0.15, 0.2) is 0 Å². The van der Waals surface area contributed by atoms with E-state index in [0.717, 1.165) is 16.7 Å². The Morgan fingerprint density at radius 3 is 0.667 bits per heavy atom. The number of rotatable bonds is 0. The zero-order chi connectivity index (χ0) is 33.6. The quantitative estimate of drug-likeness (QED) is 0.250. The second-order valence-corrected chi connectivity index (χ2v) is 15.9. The van der Waals surface area contributed by atoms with E-state index < -0.39 is 0 Å². The Hall–Kier alpha value is -3.93. The minimum Gasteiger partial charge on any atom is -0.507 e. The molecule has 0 heterocycles. The minimum atomic E-state index is -0.310. The Balaban J connectivity index is 1.94. The molecule has 0 atom stereocenters. The van der Waals surface area contributed by atoms with Crippen LogP contribution in [-0.4, -0.2) is 32.7 Å². The molecule has 0 saturated carbocycles. The average molecular weight is 613 g/mol. The SMILES string of the molecule is CC(C)(C)c1cc2c(O)c(c1)CC(=O)Cc1cc(C(C)(C)C)cc(c1O)CC(=O)Cc1cc(C(C)(C)C)cc(c1O)CC(=O)C2. The van der Waals surface area contributed by atoms with Crippen LogP contribution < -0.4 is 0 Å². The van der Waals surface area contributed by atoms with Gasteiger partial charge in [-0.2, -0.15) is 0 Å². The third-order valence-electron chi connectivity index (χ3n) is 8.73. The second-order valence-electron chi connectivity index (χ2n) is 15.9. The molecule has 1 aliphatic rings. The van der Waals surface area contributed by atoms with Crippen LogP contribution in [0.15, 0.2) is 36.4 Å². The van der Waals surface area contributed by atoms with Crippen LogP contribution in [-0.2, 0) is 69.2 Å². The number of benzene rings is 3. The standard InChI is InChI=1S/C39H48O6/c1-37(2,3)28-10-22-16-31(40)18-24-12-29(38(4,5)6)14-26(35(24)44)20-33(42)21-27-15-30(39(7,8)9)13-25(36(27)45)19-32(41)17-23(11-28)34(22)43/h10-15,43-45H,16-21H2,1-9H3. The van der Waals surface area contributed by atoms with Gasteiger partial charge in [0.05, 0.1) is 0 Å². The number of ketones is 3. The lowest BCUT2D eigenvalue weighted by molar-refractivity contribution is -0.118. The predicted octanol–water partition coefficient (Wildman–Crippen LogP) is 7.07. The Bertz CT molecular complexity index is 1390. The summed E-state index contributed by atoms with van der Waals surface area (Å²) in [5.74, 6) is -0.872. The van der Waals surface area contributed by atoms with Gasteiger partial charge in [0, 0.05) is 71.9 Å². The first-order valence-electron chi connectivity index (χ1n) is 15.7. The molecule has 0 aromatic heterocycles. The van der Waals surface area contributed by atoms with E-state index in [9.17, 15) is 29.7 Å². The maximum absolute atomic E-state index is 13.5. The molecule has 6 heteroatoms. The maximum Gasteiger partial charge on any atom is 0.141 e. The van der Waals surface area contributed by atoms with Crippen molar-refractivity contribution in [2.24, 2.45) is 0 Å². The highest BCUT2D eigenvalue weighted by Gasteiger charge is 2.26. The van der Waals surface area contributed by atoms with E-state index >= 15 is 0 Å². The Morgan fingerprint density at radius 2 is 0.533 bits per heavy atom. The van der Waals surface area contributed by atoms with Gasteiger partial charge in [-0.05, 0) is 32.9 Å². The molecular weight excluding hydrogens is 564 g/mol. The summed E-state index contributed by atoms with van der Waals surface area (Å²) in [5, 5.41) is 34.0. The Morgan fingerprint density at radius 1 is 0.378 bits per heavy atom. The molecule has 45 heavy (non-hydrogen) atoms. The lowest BCUT2D eigenvalue weighted by Crippen LogP contribution is -2.18. The summed E-state index contributed by atoms with van der Waals surface area (Å²) in [6.45, 7) is 18.3. The van der Waals surface area contributed by atoms with Crippen molar-refractivity contribution in [2.75, 3.05) is 0 Å². The molecule has 1 aliphatic carbocycles. The zero-order valence-corrected chi connectivity index (χ0v) is 28.3. The summed E-state index contributed by atoms with van der Waals surface area (Å²) >= 11 is 0. The van der Waals surface area contributed by atoms with E-state index in [1.807, 2.05) is 98.7 Å². The van der Waals surface area contributed by atoms with Gasteiger partial charge in [-0.3, -0.25) is 14.4 Å². The molecule has 0 amide bonds. The van der Waals surface area contributed by atoms with E-state index in [2.05, 4.69) is 0 Å². The van der Waals surface area contributed by atoms with Crippen LogP contribution in [0.5, 0.6) is 17.2 Å². The Kier molecular flexibility index (Phi) is 9.14. The number of phenolic OH excluding ortho intramolecular Hbond substituents is 3. The second kappa shape index (κ2) is 12.1. The van der Waals surface area contributed by atoms with Gasteiger partial charge in [0.25, 0.3) is 0 Å². The molecule has 3 N–H and O–H groups in total. The molecular formula is C39H48O6. The first kappa shape index (κ1) is 34.0. The van der Waals surface area contributed by atoms with Gasteiger partial charge < -0.3 is 15.3 Å². The summed E-state index contributed by atoms with van der Waals surface area (Å²) in [5.41, 5.74) is 4.30. The molecule has 0 unspecified atom stereocenters. The highest BCUT2D eigenvalue weighted by atomic mass is 16.3. The smallest absolute Gasteiger partial charge is 0.141 e. The lowest BCUT2D eigenvalue weighted by atomic mass is 9.81. The van der Waals surface area contributed by atoms with Crippen molar-refractivity contribution in [3.63, 3.8) is 0 Å². The van der Waals surface area contributed by atoms with Crippen molar-refractivity contribution >= 4 is 17.3 Å². The van der Waals surface area contributed by atoms with E-state index in [1.165, 1.54) is 0 Å². The molecule has 0 fully saturated rings. The van der Waals surface area contributed by atoms with Crippen LogP contribution in [0.3, 0.4) is 0 Å². The van der Waals surface area contributed by atoms with E-state index in [-0.39, 0.29) is 89.4 Å². The topological polar surface area (TPSA) is 112 Å².